The third kappa shape index (κ3) is 2.72. The zero-order valence-electron chi connectivity index (χ0n) is 5.79. The number of carbonyl (C=O) groups is 1. The van der Waals surface area contributed by atoms with Gasteiger partial charge in [-0.15, -0.1) is 35.9 Å². The predicted molar refractivity (Wildman–Crippen MR) is 35.3 cm³/mol. The predicted octanol–water partition coefficient (Wildman–Crippen LogP) is 1.69. The van der Waals surface area contributed by atoms with Gasteiger partial charge in [0.1, 0.15) is 0 Å². The van der Waals surface area contributed by atoms with Crippen LogP contribution >= 0.6 is 0 Å². The second-order valence-electron chi connectivity index (χ2n) is 1.83. The first-order valence-electron chi connectivity index (χ1n) is 2.78. The van der Waals surface area contributed by atoms with Gasteiger partial charge in [0.05, 0.1) is 5.78 Å². The van der Waals surface area contributed by atoms with E-state index in [1.165, 1.54) is 6.92 Å². The maximum Gasteiger partial charge on any atom is 0.0755 e. The van der Waals surface area contributed by atoms with Crippen molar-refractivity contribution in [3.05, 3.63) is 35.9 Å². The fourth-order valence-corrected chi connectivity index (χ4v) is 0.612. The summed E-state index contributed by atoms with van der Waals surface area (Å²) in [7, 11) is 0. The second kappa shape index (κ2) is 4.76. The topological polar surface area (TPSA) is 17.1 Å². The Bertz CT molecular complexity index is 206. The van der Waals surface area contributed by atoms with Crippen LogP contribution < -0.4 is 0 Å². The van der Waals surface area contributed by atoms with Gasteiger partial charge in [0.15, 0.2) is 0 Å². The third-order valence-electron chi connectivity index (χ3n) is 1.09. The first kappa shape index (κ1) is 9.99. The molecule has 0 N–H and O–H groups in total. The van der Waals surface area contributed by atoms with Crippen LogP contribution in [-0.2, 0) is 32.7 Å². The molecule has 0 saturated carbocycles. The van der Waals surface area contributed by atoms with Crippen LogP contribution in [0.15, 0.2) is 24.3 Å². The van der Waals surface area contributed by atoms with Gasteiger partial charge in [-0.1, -0.05) is 0 Å². The summed E-state index contributed by atoms with van der Waals surface area (Å²) in [4.78, 5) is 10.6. The van der Waals surface area contributed by atoms with Gasteiger partial charge in [-0.25, -0.2) is 0 Å². The summed E-state index contributed by atoms with van der Waals surface area (Å²) in [6, 6.07) is 9.97. The Balaban J connectivity index is 0.000000810. The van der Waals surface area contributed by atoms with Crippen molar-refractivity contribution in [3.63, 3.8) is 0 Å². The zero-order chi connectivity index (χ0) is 6.69. The Hall–Kier alpha value is -0.00610. The van der Waals surface area contributed by atoms with E-state index in [4.69, 9.17) is 0 Å². The van der Waals surface area contributed by atoms with Crippen LogP contribution in [0.4, 0.5) is 0 Å². The van der Waals surface area contributed by atoms with Gasteiger partial charge in [-0.05, 0) is 6.92 Å². The van der Waals surface area contributed by atoms with Gasteiger partial charge in [-0.3, -0.25) is 0 Å². The van der Waals surface area contributed by atoms with Crippen LogP contribution in [0.25, 0.3) is 0 Å². The fourth-order valence-electron chi connectivity index (χ4n) is 0.612. The maximum absolute atomic E-state index is 10.6. The van der Waals surface area contributed by atoms with Crippen LogP contribution in [0, 0.1) is 6.07 Å². The van der Waals surface area contributed by atoms with Gasteiger partial charge in [0.25, 0.3) is 0 Å². The van der Waals surface area contributed by atoms with Gasteiger partial charge in [-0.2, -0.15) is 0 Å². The van der Waals surface area contributed by atoms with Crippen molar-refractivity contribution in [1.29, 1.82) is 0 Å². The van der Waals surface area contributed by atoms with E-state index < -0.39 is 0 Å². The molecule has 0 aliphatic heterocycles. The fraction of sp³-hybridized carbons (Fsp3) is 0.125. The van der Waals surface area contributed by atoms with Crippen molar-refractivity contribution in [3.8, 4) is 0 Å². The van der Waals surface area contributed by atoms with Crippen molar-refractivity contribution < 1.29 is 37.5 Å². The first-order valence-corrected chi connectivity index (χ1v) is 2.78. The Morgan fingerprint density at radius 1 is 1.50 bits per heavy atom. The average molecular weight is 208 g/mol. The molecular formula is C8H7OY-. The van der Waals surface area contributed by atoms with E-state index in [1.54, 1.807) is 12.1 Å². The largest absolute Gasteiger partial charge is 0.352 e. The molecule has 1 radical (unpaired) electrons. The molecule has 1 rings (SSSR count). The van der Waals surface area contributed by atoms with E-state index in [2.05, 4.69) is 6.07 Å². The van der Waals surface area contributed by atoms with E-state index in [9.17, 15) is 4.79 Å². The van der Waals surface area contributed by atoms with Crippen LogP contribution in [0.2, 0.25) is 0 Å². The van der Waals surface area contributed by atoms with Crippen LogP contribution in [-0.4, -0.2) is 5.78 Å². The molecule has 0 aliphatic carbocycles. The summed E-state index contributed by atoms with van der Waals surface area (Å²) in [6.07, 6.45) is 0. The van der Waals surface area contributed by atoms with E-state index >= 15 is 0 Å². The quantitative estimate of drug-likeness (QED) is 0.507. The summed E-state index contributed by atoms with van der Waals surface area (Å²) >= 11 is 0. The van der Waals surface area contributed by atoms with E-state index in [-0.39, 0.29) is 38.5 Å². The molecule has 0 amide bonds. The summed E-state index contributed by atoms with van der Waals surface area (Å²) in [5.74, 6) is 0.0654. The molecule has 1 nitrogen and oxygen atoms in total. The van der Waals surface area contributed by atoms with Gasteiger partial charge >= 0.3 is 0 Å². The minimum Gasteiger partial charge on any atom is -0.352 e. The standard InChI is InChI=1S/C8H7O.Y/c1-7(9)8-5-3-2-4-6-8;/h2-5H,1H3;/q-1;. The van der Waals surface area contributed by atoms with Crippen molar-refractivity contribution in [2.45, 2.75) is 6.92 Å². The Labute approximate surface area is 85.7 Å². The van der Waals surface area contributed by atoms with Gasteiger partial charge in [0.2, 0.25) is 0 Å². The van der Waals surface area contributed by atoms with E-state index in [1.807, 2.05) is 12.1 Å². The molecular weight excluding hydrogens is 201 g/mol. The summed E-state index contributed by atoms with van der Waals surface area (Å²) in [6.45, 7) is 1.53. The summed E-state index contributed by atoms with van der Waals surface area (Å²) in [5.41, 5.74) is 0.650. The molecule has 1 aromatic rings. The monoisotopic (exact) mass is 208 g/mol. The molecule has 1 aromatic carbocycles. The Morgan fingerprint density at radius 2 is 2.20 bits per heavy atom. The van der Waals surface area contributed by atoms with Crippen molar-refractivity contribution in [2.24, 2.45) is 0 Å². The minimum atomic E-state index is 0. The Morgan fingerprint density at radius 3 is 2.50 bits per heavy atom. The zero-order valence-corrected chi connectivity index (χ0v) is 8.63. The normalized spacial score (nSPS) is 8.10. The van der Waals surface area contributed by atoms with Crippen LogP contribution in [0.5, 0.6) is 0 Å². The van der Waals surface area contributed by atoms with E-state index in [0.29, 0.717) is 5.56 Å². The molecule has 0 saturated heterocycles. The third-order valence-corrected chi connectivity index (χ3v) is 1.09. The van der Waals surface area contributed by atoms with Crippen LogP contribution in [0.3, 0.4) is 0 Å². The SMILES string of the molecule is CC(=O)c1[c-]cccc1.[Y]. The average Bonchev–Trinajstić information content (AvgIpc) is 1.90. The van der Waals surface area contributed by atoms with Crippen molar-refractivity contribution in [1.82, 2.24) is 0 Å². The Kier molecular flexibility index (Phi) is 4.75. The molecule has 49 valence electrons. The molecule has 0 bridgehead atoms. The molecule has 0 unspecified atom stereocenters. The molecule has 0 heterocycles. The maximum atomic E-state index is 10.6. The molecule has 0 aromatic heterocycles. The molecule has 0 spiro atoms. The van der Waals surface area contributed by atoms with Crippen LogP contribution in [0.1, 0.15) is 17.3 Å². The number of ketones is 1. The number of hydrogen-bond acceptors (Lipinski definition) is 1. The number of carbonyl (C=O) groups excluding carboxylic acids is 1. The molecule has 0 atom stereocenters. The van der Waals surface area contributed by atoms with E-state index in [0.717, 1.165) is 0 Å². The van der Waals surface area contributed by atoms with Crippen molar-refractivity contribution >= 4 is 5.78 Å². The second-order valence-corrected chi connectivity index (χ2v) is 1.83. The van der Waals surface area contributed by atoms with Gasteiger partial charge < -0.3 is 4.79 Å². The molecule has 0 fully saturated rings. The molecule has 0 aliphatic rings. The number of benzene rings is 1. The number of rotatable bonds is 1. The first-order chi connectivity index (χ1) is 4.30. The smallest absolute Gasteiger partial charge is 0.0755 e. The summed E-state index contributed by atoms with van der Waals surface area (Å²) < 4.78 is 0. The molecule has 2 heteroatoms. The molecule has 10 heavy (non-hydrogen) atoms. The van der Waals surface area contributed by atoms with Gasteiger partial charge in [0, 0.05) is 32.7 Å². The number of Topliss-reactive ketones (excluding diaryl/α,β-unsaturated/α-hetero) is 1. The summed E-state index contributed by atoms with van der Waals surface area (Å²) in [5, 5.41) is 0. The number of hydrogen-bond donors (Lipinski definition) is 0. The van der Waals surface area contributed by atoms with Crippen molar-refractivity contribution in [2.75, 3.05) is 0 Å². The minimum absolute atomic E-state index is 0.